The van der Waals surface area contributed by atoms with E-state index in [9.17, 15) is 0 Å². The molecule has 0 bridgehead atoms. The van der Waals surface area contributed by atoms with Crippen molar-refractivity contribution in [3.63, 3.8) is 0 Å². The van der Waals surface area contributed by atoms with Crippen molar-refractivity contribution < 1.29 is 0 Å². The van der Waals surface area contributed by atoms with E-state index < -0.39 is 0 Å². The number of hydrogen-bond donors (Lipinski definition) is 1. The average molecular weight is 309 g/mol. The molecule has 0 atom stereocenters. The normalized spacial score (nSPS) is 18.7. The number of para-hydroxylation sites is 1. The van der Waals surface area contributed by atoms with Crippen molar-refractivity contribution in [3.05, 3.63) is 28.8 Å². The summed E-state index contributed by atoms with van der Waals surface area (Å²) >= 11 is 6.51. The van der Waals surface area contributed by atoms with Gasteiger partial charge in [0.1, 0.15) is 0 Å². The lowest BCUT2D eigenvalue weighted by molar-refractivity contribution is 0.222. The lowest BCUT2D eigenvalue weighted by Gasteiger charge is -2.40. The number of nitrogens with zero attached hydrogens (tertiary/aromatic N) is 1. The van der Waals surface area contributed by atoms with Crippen LogP contribution in [0.3, 0.4) is 0 Å². The predicted molar refractivity (Wildman–Crippen MR) is 93.3 cm³/mol. The van der Waals surface area contributed by atoms with Gasteiger partial charge in [-0.2, -0.15) is 0 Å². The van der Waals surface area contributed by atoms with Crippen LogP contribution in [0, 0.1) is 5.41 Å². The summed E-state index contributed by atoms with van der Waals surface area (Å²) in [5.74, 6) is 0. The second-order valence-corrected chi connectivity index (χ2v) is 7.44. The molecule has 1 aliphatic carbocycles. The van der Waals surface area contributed by atoms with Gasteiger partial charge in [-0.25, -0.2) is 0 Å². The van der Waals surface area contributed by atoms with E-state index in [-0.39, 0.29) is 0 Å². The first-order valence-electron chi connectivity index (χ1n) is 8.15. The zero-order valence-corrected chi connectivity index (χ0v) is 14.6. The summed E-state index contributed by atoms with van der Waals surface area (Å²) in [7, 11) is 2.21. The van der Waals surface area contributed by atoms with E-state index >= 15 is 0 Å². The minimum absolute atomic E-state index is 0.504. The van der Waals surface area contributed by atoms with Gasteiger partial charge in [0.25, 0.3) is 0 Å². The van der Waals surface area contributed by atoms with E-state index in [1.807, 2.05) is 6.07 Å². The second-order valence-electron chi connectivity index (χ2n) is 7.03. The molecule has 0 amide bonds. The molecule has 1 fully saturated rings. The zero-order chi connectivity index (χ0) is 15.5. The molecule has 3 heteroatoms. The summed E-state index contributed by atoms with van der Waals surface area (Å²) in [5, 5.41) is 4.29. The van der Waals surface area contributed by atoms with Crippen LogP contribution in [0.4, 0.5) is 5.69 Å². The first kappa shape index (κ1) is 16.6. The molecule has 1 aromatic rings. The largest absolute Gasteiger partial charge is 0.370 e. The topological polar surface area (TPSA) is 15.3 Å². The van der Waals surface area contributed by atoms with Gasteiger partial charge in [0.05, 0.1) is 10.7 Å². The van der Waals surface area contributed by atoms with Gasteiger partial charge in [-0.05, 0) is 49.3 Å². The fourth-order valence-corrected chi connectivity index (χ4v) is 3.64. The minimum Gasteiger partial charge on any atom is -0.370 e. The van der Waals surface area contributed by atoms with Crippen molar-refractivity contribution >= 4 is 17.3 Å². The smallest absolute Gasteiger partial charge is 0.0642 e. The zero-order valence-electron chi connectivity index (χ0n) is 13.9. The SMILES string of the molecule is CCNCc1cccc(Cl)c1N(C)C1CCC(C)(C)CC1. The van der Waals surface area contributed by atoms with E-state index in [1.165, 1.54) is 36.9 Å². The Morgan fingerprint density at radius 1 is 1.29 bits per heavy atom. The average Bonchev–Trinajstić information content (AvgIpc) is 2.44. The molecule has 2 nitrogen and oxygen atoms in total. The first-order chi connectivity index (χ1) is 9.94. The highest BCUT2D eigenvalue weighted by atomic mass is 35.5. The summed E-state index contributed by atoms with van der Waals surface area (Å²) in [6, 6.07) is 6.86. The third-order valence-corrected chi connectivity index (χ3v) is 5.15. The van der Waals surface area contributed by atoms with Crippen LogP contribution in [0.25, 0.3) is 0 Å². The number of benzene rings is 1. The van der Waals surface area contributed by atoms with Gasteiger partial charge in [-0.1, -0.05) is 44.5 Å². The number of rotatable bonds is 5. The van der Waals surface area contributed by atoms with Gasteiger partial charge in [-0.3, -0.25) is 0 Å². The van der Waals surface area contributed by atoms with E-state index in [2.05, 4.69) is 50.2 Å². The molecule has 0 aromatic heterocycles. The number of anilines is 1. The monoisotopic (exact) mass is 308 g/mol. The Kier molecular flexibility index (Phi) is 5.56. The van der Waals surface area contributed by atoms with Crippen LogP contribution in [0.2, 0.25) is 5.02 Å². The molecule has 2 rings (SSSR count). The lowest BCUT2D eigenvalue weighted by Crippen LogP contribution is -2.38. The maximum Gasteiger partial charge on any atom is 0.0642 e. The summed E-state index contributed by atoms with van der Waals surface area (Å²) in [6.45, 7) is 8.77. The summed E-state index contributed by atoms with van der Waals surface area (Å²) < 4.78 is 0. The molecular weight excluding hydrogens is 280 g/mol. The summed E-state index contributed by atoms with van der Waals surface area (Å²) in [6.07, 6.45) is 5.12. The fraction of sp³-hybridized carbons (Fsp3) is 0.667. The number of hydrogen-bond acceptors (Lipinski definition) is 2. The van der Waals surface area contributed by atoms with E-state index in [1.54, 1.807) is 0 Å². The van der Waals surface area contributed by atoms with E-state index in [0.717, 1.165) is 18.1 Å². The molecule has 118 valence electrons. The molecule has 1 N–H and O–H groups in total. The van der Waals surface area contributed by atoms with Crippen molar-refractivity contribution in [1.29, 1.82) is 0 Å². The van der Waals surface area contributed by atoms with Gasteiger partial charge < -0.3 is 10.2 Å². The van der Waals surface area contributed by atoms with Crippen LogP contribution >= 0.6 is 11.6 Å². The third-order valence-electron chi connectivity index (χ3n) is 4.84. The molecule has 0 saturated heterocycles. The maximum absolute atomic E-state index is 6.51. The van der Waals surface area contributed by atoms with Gasteiger partial charge >= 0.3 is 0 Å². The lowest BCUT2D eigenvalue weighted by atomic mass is 9.75. The van der Waals surface area contributed by atoms with Gasteiger partial charge in [-0.15, -0.1) is 0 Å². The molecule has 0 heterocycles. The van der Waals surface area contributed by atoms with Crippen molar-refractivity contribution in [2.45, 2.75) is 59.0 Å². The Morgan fingerprint density at radius 2 is 1.95 bits per heavy atom. The molecule has 0 aliphatic heterocycles. The Labute approximate surface area is 134 Å². The Bertz CT molecular complexity index is 460. The molecule has 0 spiro atoms. The third kappa shape index (κ3) is 4.14. The summed E-state index contributed by atoms with van der Waals surface area (Å²) in [4.78, 5) is 2.42. The molecular formula is C18H29ClN2. The predicted octanol–water partition coefficient (Wildman–Crippen LogP) is 4.85. The molecule has 0 radical (unpaired) electrons. The quantitative estimate of drug-likeness (QED) is 0.836. The highest BCUT2D eigenvalue weighted by molar-refractivity contribution is 6.33. The van der Waals surface area contributed by atoms with Crippen molar-refractivity contribution in [2.75, 3.05) is 18.5 Å². The van der Waals surface area contributed by atoms with Gasteiger partial charge in [0.15, 0.2) is 0 Å². The Hall–Kier alpha value is -0.730. The van der Waals surface area contributed by atoms with Crippen molar-refractivity contribution in [1.82, 2.24) is 5.32 Å². The minimum atomic E-state index is 0.504. The second kappa shape index (κ2) is 7.02. The first-order valence-corrected chi connectivity index (χ1v) is 8.53. The molecule has 1 aromatic carbocycles. The van der Waals surface area contributed by atoms with Crippen LogP contribution in [0.5, 0.6) is 0 Å². The standard InChI is InChI=1S/C18H29ClN2/c1-5-20-13-14-7-6-8-16(19)17(14)21(4)15-9-11-18(2,3)12-10-15/h6-8,15,20H,5,9-13H2,1-4H3. The highest BCUT2D eigenvalue weighted by Gasteiger charge is 2.30. The number of halogens is 1. The Morgan fingerprint density at radius 3 is 2.57 bits per heavy atom. The number of nitrogens with one attached hydrogen (secondary N) is 1. The molecule has 1 aliphatic rings. The molecule has 21 heavy (non-hydrogen) atoms. The summed E-state index contributed by atoms with van der Waals surface area (Å²) in [5.41, 5.74) is 3.02. The van der Waals surface area contributed by atoms with Crippen LogP contribution in [-0.4, -0.2) is 19.6 Å². The Balaban J connectivity index is 2.16. The van der Waals surface area contributed by atoms with Crippen LogP contribution in [0.1, 0.15) is 52.0 Å². The highest BCUT2D eigenvalue weighted by Crippen LogP contribution is 2.39. The van der Waals surface area contributed by atoms with Crippen LogP contribution < -0.4 is 10.2 Å². The van der Waals surface area contributed by atoms with E-state index in [4.69, 9.17) is 11.6 Å². The molecule has 0 unspecified atom stereocenters. The molecule has 1 saturated carbocycles. The van der Waals surface area contributed by atoms with Gasteiger partial charge in [0, 0.05) is 19.6 Å². The van der Waals surface area contributed by atoms with Gasteiger partial charge in [0.2, 0.25) is 0 Å². The van der Waals surface area contributed by atoms with E-state index in [0.29, 0.717) is 11.5 Å². The van der Waals surface area contributed by atoms with Crippen LogP contribution in [-0.2, 0) is 6.54 Å². The maximum atomic E-state index is 6.51. The fourth-order valence-electron chi connectivity index (χ4n) is 3.31. The van der Waals surface area contributed by atoms with Crippen LogP contribution in [0.15, 0.2) is 18.2 Å². The van der Waals surface area contributed by atoms with Crippen molar-refractivity contribution in [2.24, 2.45) is 5.41 Å². The van der Waals surface area contributed by atoms with Crippen molar-refractivity contribution in [3.8, 4) is 0 Å².